The molecule has 0 saturated carbocycles. The summed E-state index contributed by atoms with van der Waals surface area (Å²) in [6, 6.07) is 2.92. The third-order valence-corrected chi connectivity index (χ3v) is 2.48. The van der Waals surface area contributed by atoms with Crippen molar-refractivity contribution < 1.29 is 8.78 Å². The number of hydrogen-bond donors (Lipinski definition) is 1. The average molecular weight is 223 g/mol. The standard InChI is InChI=1S/C13H15F2N/c1-5-13(14,15)11-6-9(4)12(16)7-10(11)8(2)3/h5-7H,1-2,16H2,3-4H3. The van der Waals surface area contributed by atoms with Gasteiger partial charge < -0.3 is 5.73 Å². The SMILES string of the molecule is C=CC(F)(F)c1cc(C)c(N)cc1C(=C)C. The van der Waals surface area contributed by atoms with Gasteiger partial charge >= 0.3 is 0 Å². The first-order chi connectivity index (χ1) is 7.29. The van der Waals surface area contributed by atoms with Gasteiger partial charge in [0.2, 0.25) is 0 Å². The van der Waals surface area contributed by atoms with E-state index in [0.717, 1.165) is 0 Å². The number of hydrogen-bond acceptors (Lipinski definition) is 1. The molecule has 1 aromatic rings. The molecule has 0 unspecified atom stereocenters. The molecule has 1 rings (SSSR count). The summed E-state index contributed by atoms with van der Waals surface area (Å²) < 4.78 is 27.2. The van der Waals surface area contributed by atoms with E-state index in [2.05, 4.69) is 13.2 Å². The Hall–Kier alpha value is -1.64. The molecule has 0 atom stereocenters. The molecule has 0 aromatic heterocycles. The molecule has 0 aliphatic carbocycles. The van der Waals surface area contributed by atoms with Crippen LogP contribution in [0.3, 0.4) is 0 Å². The van der Waals surface area contributed by atoms with Gasteiger partial charge in [-0.3, -0.25) is 0 Å². The Bertz CT molecular complexity index is 447. The Morgan fingerprint density at radius 3 is 2.44 bits per heavy atom. The van der Waals surface area contributed by atoms with Gasteiger partial charge in [-0.15, -0.1) is 0 Å². The highest BCUT2D eigenvalue weighted by molar-refractivity contribution is 5.70. The van der Waals surface area contributed by atoms with E-state index in [-0.39, 0.29) is 5.56 Å². The Morgan fingerprint density at radius 1 is 1.44 bits per heavy atom. The number of anilines is 1. The first-order valence-corrected chi connectivity index (χ1v) is 4.87. The summed E-state index contributed by atoms with van der Waals surface area (Å²) in [5, 5.41) is 0. The Kier molecular flexibility index (Phi) is 3.17. The lowest BCUT2D eigenvalue weighted by Gasteiger charge is -2.18. The molecular formula is C13H15F2N. The molecule has 16 heavy (non-hydrogen) atoms. The third-order valence-electron chi connectivity index (χ3n) is 2.48. The van der Waals surface area contributed by atoms with E-state index >= 15 is 0 Å². The number of nitrogen functional groups attached to an aromatic ring is 1. The van der Waals surface area contributed by atoms with E-state index in [1.54, 1.807) is 13.8 Å². The third kappa shape index (κ3) is 2.13. The van der Waals surface area contributed by atoms with Crippen molar-refractivity contribution in [1.82, 2.24) is 0 Å². The Labute approximate surface area is 94.3 Å². The van der Waals surface area contributed by atoms with Gasteiger partial charge in [0.1, 0.15) is 0 Å². The summed E-state index contributed by atoms with van der Waals surface area (Å²) in [4.78, 5) is 0. The van der Waals surface area contributed by atoms with Crippen molar-refractivity contribution in [3.8, 4) is 0 Å². The summed E-state index contributed by atoms with van der Waals surface area (Å²) >= 11 is 0. The van der Waals surface area contributed by atoms with Crippen molar-refractivity contribution in [3.05, 3.63) is 48.1 Å². The maximum atomic E-state index is 13.6. The van der Waals surface area contributed by atoms with Crippen molar-refractivity contribution in [3.63, 3.8) is 0 Å². The summed E-state index contributed by atoms with van der Waals surface area (Å²) in [6.07, 6.45) is 0.629. The fraction of sp³-hybridized carbons (Fsp3) is 0.231. The maximum absolute atomic E-state index is 13.6. The van der Waals surface area contributed by atoms with Crippen LogP contribution >= 0.6 is 0 Å². The number of benzene rings is 1. The number of allylic oxidation sites excluding steroid dienone is 2. The second-order valence-electron chi connectivity index (χ2n) is 3.86. The smallest absolute Gasteiger partial charge is 0.292 e. The molecule has 1 nitrogen and oxygen atoms in total. The monoisotopic (exact) mass is 223 g/mol. The van der Waals surface area contributed by atoms with Crippen LogP contribution in [0.4, 0.5) is 14.5 Å². The number of aryl methyl sites for hydroxylation is 1. The largest absolute Gasteiger partial charge is 0.398 e. The van der Waals surface area contributed by atoms with Crippen LogP contribution in [0.2, 0.25) is 0 Å². The molecule has 0 aliphatic heterocycles. The van der Waals surface area contributed by atoms with E-state index in [4.69, 9.17) is 5.73 Å². The zero-order valence-corrected chi connectivity index (χ0v) is 9.48. The highest BCUT2D eigenvalue weighted by atomic mass is 19.3. The van der Waals surface area contributed by atoms with Gasteiger partial charge in [0.25, 0.3) is 5.92 Å². The fourth-order valence-corrected chi connectivity index (χ4v) is 1.46. The van der Waals surface area contributed by atoms with Gasteiger partial charge in [-0.25, -0.2) is 0 Å². The van der Waals surface area contributed by atoms with Crippen molar-refractivity contribution >= 4 is 11.3 Å². The van der Waals surface area contributed by atoms with Gasteiger partial charge in [-0.05, 0) is 43.2 Å². The van der Waals surface area contributed by atoms with Gasteiger partial charge in [-0.2, -0.15) is 8.78 Å². The zero-order valence-electron chi connectivity index (χ0n) is 9.48. The molecule has 0 spiro atoms. The molecule has 0 aliphatic rings. The molecule has 0 fully saturated rings. The molecule has 1 aromatic carbocycles. The van der Waals surface area contributed by atoms with Crippen LogP contribution in [0.15, 0.2) is 31.4 Å². The minimum absolute atomic E-state index is 0.0956. The van der Waals surface area contributed by atoms with Crippen LogP contribution in [0.1, 0.15) is 23.6 Å². The molecule has 0 amide bonds. The number of rotatable bonds is 3. The molecule has 0 bridgehead atoms. The van der Waals surface area contributed by atoms with Gasteiger partial charge in [0.05, 0.1) is 0 Å². The van der Waals surface area contributed by atoms with E-state index in [9.17, 15) is 8.78 Å². The minimum Gasteiger partial charge on any atom is -0.398 e. The Balaban J connectivity index is 3.54. The van der Waals surface area contributed by atoms with Gasteiger partial charge in [0.15, 0.2) is 0 Å². The highest BCUT2D eigenvalue weighted by Gasteiger charge is 2.30. The predicted octanol–water partition coefficient (Wildman–Crippen LogP) is 3.89. The van der Waals surface area contributed by atoms with Crippen molar-refractivity contribution in [1.29, 1.82) is 0 Å². The van der Waals surface area contributed by atoms with E-state index in [1.807, 2.05) is 0 Å². The van der Waals surface area contributed by atoms with Crippen LogP contribution in [0.25, 0.3) is 5.57 Å². The normalized spacial score (nSPS) is 11.2. The molecule has 0 saturated heterocycles. The van der Waals surface area contributed by atoms with Gasteiger partial charge in [-0.1, -0.05) is 18.7 Å². The highest BCUT2D eigenvalue weighted by Crippen LogP contribution is 2.36. The summed E-state index contributed by atoms with van der Waals surface area (Å²) in [6.45, 7) is 10.2. The molecular weight excluding hydrogens is 208 g/mol. The van der Waals surface area contributed by atoms with Crippen LogP contribution in [0, 0.1) is 6.92 Å². The van der Waals surface area contributed by atoms with Crippen molar-refractivity contribution in [2.45, 2.75) is 19.8 Å². The number of nitrogens with two attached hydrogens (primary N) is 1. The number of halogens is 2. The first-order valence-electron chi connectivity index (χ1n) is 4.87. The lowest BCUT2D eigenvalue weighted by atomic mass is 9.94. The van der Waals surface area contributed by atoms with E-state index in [0.29, 0.717) is 28.5 Å². The topological polar surface area (TPSA) is 26.0 Å². The Morgan fingerprint density at radius 2 is 2.00 bits per heavy atom. The lowest BCUT2D eigenvalue weighted by molar-refractivity contribution is 0.0522. The summed E-state index contributed by atoms with van der Waals surface area (Å²) in [7, 11) is 0. The minimum atomic E-state index is -3.06. The second kappa shape index (κ2) is 4.08. The van der Waals surface area contributed by atoms with Crippen LogP contribution in [-0.4, -0.2) is 0 Å². The zero-order chi connectivity index (χ0) is 12.5. The second-order valence-corrected chi connectivity index (χ2v) is 3.86. The van der Waals surface area contributed by atoms with Gasteiger partial charge in [0, 0.05) is 11.3 Å². The molecule has 86 valence electrons. The predicted molar refractivity (Wildman–Crippen MR) is 64.4 cm³/mol. The molecule has 3 heteroatoms. The molecule has 0 radical (unpaired) electrons. The van der Waals surface area contributed by atoms with E-state index < -0.39 is 5.92 Å². The maximum Gasteiger partial charge on any atom is 0.292 e. The quantitative estimate of drug-likeness (QED) is 0.610. The van der Waals surface area contributed by atoms with Crippen LogP contribution in [0.5, 0.6) is 0 Å². The molecule has 2 N–H and O–H groups in total. The van der Waals surface area contributed by atoms with E-state index in [1.165, 1.54) is 12.1 Å². The lowest BCUT2D eigenvalue weighted by Crippen LogP contribution is -2.13. The summed E-state index contributed by atoms with van der Waals surface area (Å²) in [5.41, 5.74) is 7.66. The first kappa shape index (κ1) is 12.4. The average Bonchev–Trinajstić information content (AvgIpc) is 2.21. The van der Waals surface area contributed by atoms with Crippen molar-refractivity contribution in [2.24, 2.45) is 0 Å². The van der Waals surface area contributed by atoms with Crippen molar-refractivity contribution in [2.75, 3.05) is 5.73 Å². The fourth-order valence-electron chi connectivity index (χ4n) is 1.46. The summed E-state index contributed by atoms with van der Waals surface area (Å²) in [5.74, 6) is -3.06. The van der Waals surface area contributed by atoms with Crippen LogP contribution < -0.4 is 5.73 Å². The molecule has 0 heterocycles. The van der Waals surface area contributed by atoms with Crippen LogP contribution in [-0.2, 0) is 5.92 Å². The number of alkyl halides is 2.